The van der Waals surface area contributed by atoms with Gasteiger partial charge in [-0.05, 0) is 25.3 Å². The van der Waals surface area contributed by atoms with E-state index in [1.807, 2.05) is 49.2 Å². The van der Waals surface area contributed by atoms with Crippen molar-refractivity contribution >= 4 is 32.7 Å². The summed E-state index contributed by atoms with van der Waals surface area (Å²) in [5.74, 6) is 0.523. The zero-order valence-electron chi connectivity index (χ0n) is 14.8. The van der Waals surface area contributed by atoms with Gasteiger partial charge in [-0.15, -0.1) is 0 Å². The maximum absolute atomic E-state index is 12.5. The van der Waals surface area contributed by atoms with E-state index in [-0.39, 0.29) is 11.9 Å². The first-order valence-corrected chi connectivity index (χ1v) is 9.61. The Kier molecular flexibility index (Phi) is 4.55. The fourth-order valence-electron chi connectivity index (χ4n) is 2.83. The quantitative estimate of drug-likeness (QED) is 0.725. The Bertz CT molecular complexity index is 922. The molecule has 7 heteroatoms. The molecule has 134 valence electrons. The summed E-state index contributed by atoms with van der Waals surface area (Å²) in [5.41, 5.74) is 2.92. The minimum absolute atomic E-state index is 0.0240. The van der Waals surface area contributed by atoms with Crippen molar-refractivity contribution < 1.29 is 4.79 Å². The number of carbonyl (C=O) groups is 1. The van der Waals surface area contributed by atoms with Crippen LogP contribution in [0.1, 0.15) is 36.9 Å². The lowest BCUT2D eigenvalue weighted by atomic mass is 10.2. The van der Waals surface area contributed by atoms with Gasteiger partial charge in [0, 0.05) is 19.5 Å². The first-order chi connectivity index (χ1) is 12.6. The fraction of sp³-hybridized carbons (Fsp3) is 0.368. The predicted molar refractivity (Wildman–Crippen MR) is 103 cm³/mol. The highest BCUT2D eigenvalue weighted by atomic mass is 32.1. The number of anilines is 1. The Morgan fingerprint density at radius 3 is 2.81 bits per heavy atom. The standard InChI is InChI=1S/C19H21N5OS/c1-12(18(25)20-10-13-6-4-3-5-7-13)24(2)19-23-17-16(26-19)15(14-8-9-14)21-11-22-17/h3-7,11-12,14H,8-10H2,1-2H3,(H,20,25)/t12-/m1/s1. The number of rotatable bonds is 6. The van der Waals surface area contributed by atoms with Gasteiger partial charge in [0.05, 0.1) is 10.4 Å². The van der Waals surface area contributed by atoms with Crippen LogP contribution in [0.5, 0.6) is 0 Å². The van der Waals surface area contributed by atoms with E-state index in [1.165, 1.54) is 12.8 Å². The molecule has 3 aromatic rings. The number of fused-ring (bicyclic) bond motifs is 1. The Labute approximate surface area is 156 Å². The van der Waals surface area contributed by atoms with Crippen LogP contribution < -0.4 is 10.2 Å². The van der Waals surface area contributed by atoms with Crippen molar-refractivity contribution in [3.05, 3.63) is 47.9 Å². The molecule has 1 aliphatic rings. The molecule has 26 heavy (non-hydrogen) atoms. The normalized spacial score (nSPS) is 15.0. The number of hydrogen-bond acceptors (Lipinski definition) is 6. The lowest BCUT2D eigenvalue weighted by molar-refractivity contribution is -0.122. The first-order valence-electron chi connectivity index (χ1n) is 8.79. The van der Waals surface area contributed by atoms with Gasteiger partial charge in [0.15, 0.2) is 10.8 Å². The molecule has 0 radical (unpaired) electrons. The third-order valence-corrected chi connectivity index (χ3v) is 5.90. The highest BCUT2D eigenvalue weighted by Gasteiger charge is 2.29. The first kappa shape index (κ1) is 16.9. The largest absolute Gasteiger partial charge is 0.350 e. The summed E-state index contributed by atoms with van der Waals surface area (Å²) in [6, 6.07) is 9.58. The minimum atomic E-state index is -0.323. The van der Waals surface area contributed by atoms with Crippen molar-refractivity contribution in [2.75, 3.05) is 11.9 Å². The number of amides is 1. The van der Waals surface area contributed by atoms with Crippen LogP contribution in [0.15, 0.2) is 36.7 Å². The van der Waals surface area contributed by atoms with E-state index in [2.05, 4.69) is 20.3 Å². The smallest absolute Gasteiger partial charge is 0.242 e. The summed E-state index contributed by atoms with van der Waals surface area (Å²) in [7, 11) is 1.90. The highest BCUT2D eigenvalue weighted by Crippen LogP contribution is 2.43. The van der Waals surface area contributed by atoms with Crippen molar-refractivity contribution in [3.8, 4) is 0 Å². The molecule has 0 bridgehead atoms. The van der Waals surface area contributed by atoms with Gasteiger partial charge in [-0.3, -0.25) is 4.79 Å². The van der Waals surface area contributed by atoms with E-state index in [1.54, 1.807) is 17.7 Å². The van der Waals surface area contributed by atoms with E-state index < -0.39 is 0 Å². The van der Waals surface area contributed by atoms with E-state index in [0.29, 0.717) is 12.5 Å². The van der Waals surface area contributed by atoms with Gasteiger partial charge in [-0.1, -0.05) is 41.7 Å². The molecule has 0 saturated heterocycles. The third kappa shape index (κ3) is 3.39. The number of likely N-dealkylation sites (N-methyl/N-ethyl adjacent to an activating group) is 1. The molecule has 1 amide bonds. The Balaban J connectivity index is 1.47. The molecule has 2 heterocycles. The molecular weight excluding hydrogens is 346 g/mol. The molecule has 1 N–H and O–H groups in total. The van der Waals surface area contributed by atoms with Gasteiger partial charge >= 0.3 is 0 Å². The second kappa shape index (κ2) is 6.99. The average Bonchev–Trinajstić information content (AvgIpc) is 3.43. The summed E-state index contributed by atoms with van der Waals surface area (Å²) in [4.78, 5) is 27.8. The number of nitrogens with one attached hydrogen (secondary N) is 1. The van der Waals surface area contributed by atoms with E-state index in [0.717, 1.165) is 26.7 Å². The van der Waals surface area contributed by atoms with Crippen LogP contribution in [-0.2, 0) is 11.3 Å². The molecule has 0 unspecified atom stereocenters. The van der Waals surface area contributed by atoms with Crippen LogP contribution in [0.3, 0.4) is 0 Å². The molecular formula is C19H21N5OS. The lowest BCUT2D eigenvalue weighted by Crippen LogP contribution is -2.43. The van der Waals surface area contributed by atoms with Gasteiger partial charge in [0.1, 0.15) is 12.4 Å². The number of aromatic nitrogens is 3. The molecule has 0 aliphatic heterocycles. The van der Waals surface area contributed by atoms with E-state index in [4.69, 9.17) is 0 Å². The number of nitrogens with zero attached hydrogens (tertiary/aromatic N) is 4. The predicted octanol–water partition coefficient (Wildman–Crippen LogP) is 3.10. The number of benzene rings is 1. The van der Waals surface area contributed by atoms with Crippen LogP contribution in [0.25, 0.3) is 10.3 Å². The molecule has 1 aliphatic carbocycles. The fourth-order valence-corrected chi connectivity index (χ4v) is 3.96. The topological polar surface area (TPSA) is 71.0 Å². The molecule has 1 aromatic carbocycles. The Hall–Kier alpha value is -2.54. The monoisotopic (exact) mass is 367 g/mol. The van der Waals surface area contributed by atoms with Crippen molar-refractivity contribution in [2.24, 2.45) is 0 Å². The molecule has 1 atom stereocenters. The number of thiazole rings is 1. The van der Waals surface area contributed by atoms with Crippen molar-refractivity contribution in [1.29, 1.82) is 0 Å². The SMILES string of the molecule is C[C@H](C(=O)NCc1ccccc1)N(C)c1nc2ncnc(C3CC3)c2s1. The summed E-state index contributed by atoms with van der Waals surface area (Å²) < 4.78 is 1.05. The Morgan fingerprint density at radius 1 is 1.31 bits per heavy atom. The number of carbonyl (C=O) groups excluding carboxylic acids is 1. The van der Waals surface area contributed by atoms with Gasteiger partial charge in [-0.2, -0.15) is 4.98 Å². The summed E-state index contributed by atoms with van der Waals surface area (Å²) in [5, 5.41) is 3.79. The molecule has 1 saturated carbocycles. The Morgan fingerprint density at radius 2 is 2.08 bits per heavy atom. The van der Waals surface area contributed by atoms with Gasteiger partial charge in [0.25, 0.3) is 0 Å². The van der Waals surface area contributed by atoms with E-state index in [9.17, 15) is 4.79 Å². The van der Waals surface area contributed by atoms with Crippen LogP contribution >= 0.6 is 11.3 Å². The zero-order chi connectivity index (χ0) is 18.1. The molecule has 0 spiro atoms. The average molecular weight is 367 g/mol. The zero-order valence-corrected chi connectivity index (χ0v) is 15.7. The molecule has 6 nitrogen and oxygen atoms in total. The molecule has 1 fully saturated rings. The maximum Gasteiger partial charge on any atom is 0.242 e. The van der Waals surface area contributed by atoms with Crippen molar-refractivity contribution in [1.82, 2.24) is 20.3 Å². The second-order valence-electron chi connectivity index (χ2n) is 6.67. The van der Waals surface area contributed by atoms with E-state index >= 15 is 0 Å². The molecule has 4 rings (SSSR count). The lowest BCUT2D eigenvalue weighted by Gasteiger charge is -2.23. The highest BCUT2D eigenvalue weighted by molar-refractivity contribution is 7.22. The summed E-state index contributed by atoms with van der Waals surface area (Å²) >= 11 is 1.57. The summed E-state index contributed by atoms with van der Waals surface area (Å²) in [6.45, 7) is 2.41. The number of hydrogen-bond donors (Lipinski definition) is 1. The van der Waals surface area contributed by atoms with Crippen molar-refractivity contribution in [2.45, 2.75) is 38.3 Å². The minimum Gasteiger partial charge on any atom is -0.350 e. The van der Waals surface area contributed by atoms with Gasteiger partial charge in [0.2, 0.25) is 5.91 Å². The van der Waals surface area contributed by atoms with Crippen LogP contribution in [-0.4, -0.2) is 33.9 Å². The van der Waals surface area contributed by atoms with Gasteiger partial charge in [-0.25, -0.2) is 9.97 Å². The third-order valence-electron chi connectivity index (χ3n) is 4.74. The maximum atomic E-state index is 12.5. The van der Waals surface area contributed by atoms with Crippen LogP contribution in [0, 0.1) is 0 Å². The van der Waals surface area contributed by atoms with Crippen LogP contribution in [0.2, 0.25) is 0 Å². The molecule has 2 aromatic heterocycles. The summed E-state index contributed by atoms with van der Waals surface area (Å²) in [6.07, 6.45) is 3.97. The van der Waals surface area contributed by atoms with Crippen LogP contribution in [0.4, 0.5) is 5.13 Å². The second-order valence-corrected chi connectivity index (χ2v) is 7.65. The van der Waals surface area contributed by atoms with Crippen molar-refractivity contribution in [3.63, 3.8) is 0 Å². The van der Waals surface area contributed by atoms with Gasteiger partial charge < -0.3 is 10.2 Å².